The molecule has 0 aliphatic carbocycles. The molecule has 6 heteroatoms. The van der Waals surface area contributed by atoms with Crippen molar-refractivity contribution in [3.05, 3.63) is 71.4 Å². The smallest absolute Gasteiger partial charge is 0.226 e. The maximum Gasteiger partial charge on any atom is 0.226 e. The average molecular weight is 368 g/mol. The van der Waals surface area contributed by atoms with E-state index in [9.17, 15) is 9.59 Å². The first-order valence-electron chi connectivity index (χ1n) is 8.18. The van der Waals surface area contributed by atoms with Crippen molar-refractivity contribution in [2.75, 3.05) is 5.32 Å². The standard InChI is InChI=1S/C20H18ClN3O2/c1-13(25)23-19(14-6-8-16(21)9-7-14)11-20(26)24-17-10-15-4-2-3-5-18(15)22-12-17/h2-10,12,19H,11H2,1H3,(H,23,25)(H,24,26). The van der Waals surface area contributed by atoms with Crippen LogP contribution in [0.3, 0.4) is 0 Å². The zero-order valence-electron chi connectivity index (χ0n) is 14.2. The molecular weight excluding hydrogens is 350 g/mol. The molecule has 1 atom stereocenters. The molecule has 3 aromatic rings. The zero-order chi connectivity index (χ0) is 18.5. The molecule has 1 unspecified atom stereocenters. The molecule has 2 amide bonds. The molecule has 0 aliphatic heterocycles. The van der Waals surface area contributed by atoms with Gasteiger partial charge in [0.1, 0.15) is 0 Å². The number of fused-ring (bicyclic) bond motifs is 1. The van der Waals surface area contributed by atoms with Crippen LogP contribution in [0, 0.1) is 0 Å². The molecule has 132 valence electrons. The lowest BCUT2D eigenvalue weighted by Gasteiger charge is -2.18. The number of para-hydroxylation sites is 1. The lowest BCUT2D eigenvalue weighted by atomic mass is 10.0. The van der Waals surface area contributed by atoms with Crippen molar-refractivity contribution in [2.45, 2.75) is 19.4 Å². The summed E-state index contributed by atoms with van der Waals surface area (Å²) in [4.78, 5) is 28.3. The monoisotopic (exact) mass is 367 g/mol. The molecule has 5 nitrogen and oxygen atoms in total. The van der Waals surface area contributed by atoms with E-state index in [1.807, 2.05) is 30.3 Å². The van der Waals surface area contributed by atoms with Crippen LogP contribution in [-0.2, 0) is 9.59 Å². The number of aromatic nitrogens is 1. The van der Waals surface area contributed by atoms with Crippen LogP contribution in [0.4, 0.5) is 5.69 Å². The maximum absolute atomic E-state index is 12.5. The van der Waals surface area contributed by atoms with Crippen molar-refractivity contribution in [2.24, 2.45) is 0 Å². The van der Waals surface area contributed by atoms with Crippen LogP contribution in [0.25, 0.3) is 10.9 Å². The minimum Gasteiger partial charge on any atom is -0.349 e. The fraction of sp³-hybridized carbons (Fsp3) is 0.150. The number of rotatable bonds is 5. The first-order chi connectivity index (χ1) is 12.5. The maximum atomic E-state index is 12.5. The molecule has 0 saturated heterocycles. The van der Waals surface area contributed by atoms with E-state index in [0.29, 0.717) is 10.7 Å². The van der Waals surface area contributed by atoms with Gasteiger partial charge in [-0.15, -0.1) is 0 Å². The van der Waals surface area contributed by atoms with Crippen LogP contribution in [0.1, 0.15) is 24.9 Å². The van der Waals surface area contributed by atoms with E-state index in [-0.39, 0.29) is 18.2 Å². The Kier molecular flexibility index (Phi) is 5.49. The van der Waals surface area contributed by atoms with Crippen LogP contribution in [0.2, 0.25) is 5.02 Å². The topological polar surface area (TPSA) is 71.1 Å². The summed E-state index contributed by atoms with van der Waals surface area (Å²) in [5.41, 5.74) is 2.30. The van der Waals surface area contributed by atoms with Gasteiger partial charge in [-0.1, -0.05) is 41.9 Å². The van der Waals surface area contributed by atoms with Crippen molar-refractivity contribution in [3.63, 3.8) is 0 Å². The Balaban J connectivity index is 1.73. The largest absolute Gasteiger partial charge is 0.349 e. The second-order valence-electron chi connectivity index (χ2n) is 5.97. The summed E-state index contributed by atoms with van der Waals surface area (Å²) in [6.45, 7) is 1.42. The van der Waals surface area contributed by atoms with Crippen LogP contribution >= 0.6 is 11.6 Å². The van der Waals surface area contributed by atoms with Gasteiger partial charge in [-0.05, 0) is 29.8 Å². The van der Waals surface area contributed by atoms with E-state index in [1.165, 1.54) is 6.92 Å². The lowest BCUT2D eigenvalue weighted by molar-refractivity contribution is -0.120. The third-order valence-corrected chi connectivity index (χ3v) is 4.17. The van der Waals surface area contributed by atoms with Gasteiger partial charge in [0.15, 0.2) is 0 Å². The Hall–Kier alpha value is -2.92. The number of anilines is 1. The van der Waals surface area contributed by atoms with Gasteiger partial charge in [0, 0.05) is 17.3 Å². The molecule has 0 radical (unpaired) electrons. The number of nitrogens with zero attached hydrogens (tertiary/aromatic N) is 1. The van der Waals surface area contributed by atoms with Crippen molar-refractivity contribution in [1.29, 1.82) is 0 Å². The van der Waals surface area contributed by atoms with Crippen LogP contribution in [0.5, 0.6) is 0 Å². The number of amides is 2. The van der Waals surface area contributed by atoms with Crippen molar-refractivity contribution in [3.8, 4) is 0 Å². The van der Waals surface area contributed by atoms with Gasteiger partial charge in [-0.25, -0.2) is 0 Å². The number of halogens is 1. The Bertz CT molecular complexity index is 941. The van der Waals surface area contributed by atoms with Crippen LogP contribution < -0.4 is 10.6 Å². The number of carbonyl (C=O) groups is 2. The molecule has 0 spiro atoms. The highest BCUT2D eigenvalue weighted by atomic mass is 35.5. The summed E-state index contributed by atoms with van der Waals surface area (Å²) in [7, 11) is 0. The minimum absolute atomic E-state index is 0.105. The molecular formula is C20H18ClN3O2. The van der Waals surface area contributed by atoms with Crippen molar-refractivity contribution in [1.82, 2.24) is 10.3 Å². The van der Waals surface area contributed by atoms with E-state index in [0.717, 1.165) is 16.5 Å². The van der Waals surface area contributed by atoms with Gasteiger partial charge >= 0.3 is 0 Å². The summed E-state index contributed by atoms with van der Waals surface area (Å²) in [6.07, 6.45) is 1.73. The highest BCUT2D eigenvalue weighted by molar-refractivity contribution is 6.30. The van der Waals surface area contributed by atoms with Gasteiger partial charge in [0.2, 0.25) is 11.8 Å². The summed E-state index contributed by atoms with van der Waals surface area (Å²) in [6, 6.07) is 16.2. The second kappa shape index (κ2) is 7.97. The SMILES string of the molecule is CC(=O)NC(CC(=O)Nc1cnc2ccccc2c1)c1ccc(Cl)cc1. The Labute approximate surface area is 156 Å². The Morgan fingerprint density at radius 3 is 2.58 bits per heavy atom. The van der Waals surface area contributed by atoms with E-state index >= 15 is 0 Å². The normalized spacial score (nSPS) is 11.8. The van der Waals surface area contributed by atoms with Gasteiger partial charge in [0.05, 0.1) is 29.9 Å². The third kappa shape index (κ3) is 4.58. The highest BCUT2D eigenvalue weighted by Crippen LogP contribution is 2.21. The highest BCUT2D eigenvalue weighted by Gasteiger charge is 2.17. The number of benzene rings is 2. The fourth-order valence-electron chi connectivity index (χ4n) is 2.73. The molecule has 1 aromatic heterocycles. The number of pyridine rings is 1. The fourth-order valence-corrected chi connectivity index (χ4v) is 2.86. The van der Waals surface area contributed by atoms with Crippen molar-refractivity contribution >= 4 is 40.0 Å². The van der Waals surface area contributed by atoms with Gasteiger partial charge in [0.25, 0.3) is 0 Å². The third-order valence-electron chi connectivity index (χ3n) is 3.91. The quantitative estimate of drug-likeness (QED) is 0.713. The molecule has 1 heterocycles. The van der Waals surface area contributed by atoms with Gasteiger partial charge in [-0.2, -0.15) is 0 Å². The molecule has 26 heavy (non-hydrogen) atoms. The number of hydrogen-bond donors (Lipinski definition) is 2. The van der Waals surface area contributed by atoms with Crippen LogP contribution in [0.15, 0.2) is 60.8 Å². The molecule has 2 N–H and O–H groups in total. The summed E-state index contributed by atoms with van der Waals surface area (Å²) in [5, 5.41) is 7.19. The lowest BCUT2D eigenvalue weighted by Crippen LogP contribution is -2.29. The Morgan fingerprint density at radius 1 is 1.12 bits per heavy atom. The first-order valence-corrected chi connectivity index (χ1v) is 8.56. The molecule has 0 aliphatic rings. The number of hydrogen-bond acceptors (Lipinski definition) is 3. The molecule has 0 fully saturated rings. The van der Waals surface area contributed by atoms with E-state index < -0.39 is 6.04 Å². The van der Waals surface area contributed by atoms with Gasteiger partial charge in [-0.3, -0.25) is 14.6 Å². The number of nitrogens with one attached hydrogen (secondary N) is 2. The summed E-state index contributed by atoms with van der Waals surface area (Å²) >= 11 is 5.91. The zero-order valence-corrected chi connectivity index (χ0v) is 15.0. The molecule has 2 aromatic carbocycles. The second-order valence-corrected chi connectivity index (χ2v) is 6.41. The van der Waals surface area contributed by atoms with E-state index in [2.05, 4.69) is 15.6 Å². The van der Waals surface area contributed by atoms with E-state index in [1.54, 1.807) is 30.5 Å². The molecule has 0 bridgehead atoms. The summed E-state index contributed by atoms with van der Waals surface area (Å²) < 4.78 is 0. The number of carbonyl (C=O) groups excluding carboxylic acids is 2. The van der Waals surface area contributed by atoms with Crippen molar-refractivity contribution < 1.29 is 9.59 Å². The predicted octanol–water partition coefficient (Wildman–Crippen LogP) is 4.09. The van der Waals surface area contributed by atoms with Crippen LogP contribution in [-0.4, -0.2) is 16.8 Å². The average Bonchev–Trinajstić information content (AvgIpc) is 2.61. The Morgan fingerprint density at radius 2 is 1.85 bits per heavy atom. The molecule has 0 saturated carbocycles. The predicted molar refractivity (Wildman–Crippen MR) is 103 cm³/mol. The first kappa shape index (κ1) is 17.9. The van der Waals surface area contributed by atoms with E-state index in [4.69, 9.17) is 11.6 Å². The summed E-state index contributed by atoms with van der Waals surface area (Å²) in [5.74, 6) is -0.416. The minimum atomic E-state index is -0.432. The van der Waals surface area contributed by atoms with Gasteiger partial charge < -0.3 is 10.6 Å². The molecule has 3 rings (SSSR count).